The summed E-state index contributed by atoms with van der Waals surface area (Å²) in [7, 11) is 5.48. The molecule has 1 heterocycles. The van der Waals surface area contributed by atoms with Crippen LogP contribution in [-0.4, -0.2) is 12.8 Å². The molecule has 0 amide bonds. The molecular weight excluding hydrogens is 180 g/mol. The summed E-state index contributed by atoms with van der Waals surface area (Å²) in [5, 5.41) is 1.79. The smallest absolute Gasteiger partial charge is 0.0738 e. The van der Waals surface area contributed by atoms with Gasteiger partial charge >= 0.3 is 0 Å². The van der Waals surface area contributed by atoms with Crippen molar-refractivity contribution in [1.29, 1.82) is 0 Å². The van der Waals surface area contributed by atoms with Crippen LogP contribution in [0.5, 0.6) is 0 Å². The summed E-state index contributed by atoms with van der Waals surface area (Å²) in [6.07, 6.45) is 0.461. The summed E-state index contributed by atoms with van der Waals surface area (Å²) in [6, 6.07) is 9.58. The molecule has 0 atom stereocenters. The minimum absolute atomic E-state index is 0.461. The van der Waals surface area contributed by atoms with Gasteiger partial charge < -0.3 is 0 Å². The predicted octanol–water partition coefficient (Wildman–Crippen LogP) is 2.56. The first-order valence-electron chi connectivity index (χ1n) is 4.05. The Hall–Kier alpha value is -1.02. The lowest BCUT2D eigenvalue weighted by Gasteiger charge is -2.00. The highest BCUT2D eigenvalue weighted by molar-refractivity contribution is 6.31. The Bertz CT molecular complexity index is 442. The Morgan fingerprint density at radius 3 is 2.77 bits per heavy atom. The van der Waals surface area contributed by atoms with Gasteiger partial charge in [-0.3, -0.25) is 4.98 Å². The van der Waals surface area contributed by atoms with Crippen LogP contribution < -0.4 is 0 Å². The minimum atomic E-state index is 0.461. The van der Waals surface area contributed by atoms with Crippen LogP contribution in [0, 0.1) is 0 Å². The van der Waals surface area contributed by atoms with E-state index in [0.29, 0.717) is 11.3 Å². The molecule has 0 spiro atoms. The van der Waals surface area contributed by atoms with E-state index in [1.807, 2.05) is 30.3 Å². The minimum Gasteiger partial charge on any atom is -0.254 e. The molecule has 0 unspecified atom stereocenters. The van der Waals surface area contributed by atoms with Crippen molar-refractivity contribution in [1.82, 2.24) is 4.98 Å². The molecule has 1 aromatic carbocycles. The molecule has 3 heteroatoms. The van der Waals surface area contributed by atoms with Crippen LogP contribution in [0.15, 0.2) is 30.3 Å². The maximum Gasteiger partial charge on any atom is 0.0738 e. The van der Waals surface area contributed by atoms with E-state index in [1.54, 1.807) is 0 Å². The maximum atomic E-state index is 5.84. The average Bonchev–Trinajstić information content (AvgIpc) is 2.16. The molecule has 13 heavy (non-hydrogen) atoms. The lowest BCUT2D eigenvalue weighted by Crippen LogP contribution is -1.89. The number of halogens is 1. The van der Waals surface area contributed by atoms with Crippen LogP contribution in [0.2, 0.25) is 5.02 Å². The zero-order valence-electron chi connectivity index (χ0n) is 7.00. The molecule has 2 aromatic rings. The van der Waals surface area contributed by atoms with Crippen molar-refractivity contribution < 1.29 is 0 Å². The average molecular weight is 187 g/mol. The van der Waals surface area contributed by atoms with E-state index in [9.17, 15) is 0 Å². The summed E-state index contributed by atoms with van der Waals surface area (Å²) in [6.45, 7) is 0. The Balaban J connectivity index is 2.68. The standard InChI is InChI=1S/C10H7BClN/c11-6-9-4-2-7-1-3-8(12)5-10(7)13-9/h1-5H,6H2. The Kier molecular flexibility index (Phi) is 2.23. The van der Waals surface area contributed by atoms with Gasteiger partial charge in [-0.1, -0.05) is 23.7 Å². The first kappa shape index (κ1) is 8.58. The maximum absolute atomic E-state index is 5.84. The molecule has 0 saturated carbocycles. The van der Waals surface area contributed by atoms with Gasteiger partial charge in [0.25, 0.3) is 0 Å². The van der Waals surface area contributed by atoms with Crippen molar-refractivity contribution in [2.45, 2.75) is 6.32 Å². The first-order chi connectivity index (χ1) is 6.29. The van der Waals surface area contributed by atoms with Crippen LogP contribution in [-0.2, 0) is 6.32 Å². The Labute approximate surface area is 83.2 Å². The van der Waals surface area contributed by atoms with Gasteiger partial charge in [-0.15, -0.1) is 0 Å². The third kappa shape index (κ3) is 1.68. The summed E-state index contributed by atoms with van der Waals surface area (Å²) < 4.78 is 0. The van der Waals surface area contributed by atoms with E-state index >= 15 is 0 Å². The van der Waals surface area contributed by atoms with Crippen molar-refractivity contribution in [3.8, 4) is 0 Å². The summed E-state index contributed by atoms with van der Waals surface area (Å²) in [4.78, 5) is 4.35. The monoisotopic (exact) mass is 187 g/mol. The van der Waals surface area contributed by atoms with Crippen molar-refractivity contribution in [3.63, 3.8) is 0 Å². The number of pyridine rings is 1. The van der Waals surface area contributed by atoms with Crippen LogP contribution in [0.1, 0.15) is 5.69 Å². The van der Waals surface area contributed by atoms with Crippen LogP contribution in [0.25, 0.3) is 10.9 Å². The third-order valence-corrected chi connectivity index (χ3v) is 2.16. The van der Waals surface area contributed by atoms with Gasteiger partial charge in [0, 0.05) is 16.1 Å². The fraction of sp³-hybridized carbons (Fsp3) is 0.100. The number of nitrogens with zero attached hydrogens (tertiary/aromatic N) is 1. The van der Waals surface area contributed by atoms with Gasteiger partial charge in [-0.05, 0) is 24.5 Å². The van der Waals surface area contributed by atoms with E-state index in [4.69, 9.17) is 19.4 Å². The molecule has 0 fully saturated rings. The number of hydrogen-bond donors (Lipinski definition) is 0. The molecule has 0 aliphatic rings. The second-order valence-electron chi connectivity index (χ2n) is 2.84. The lowest BCUT2D eigenvalue weighted by atomic mass is 10.0. The fourth-order valence-electron chi connectivity index (χ4n) is 1.25. The Morgan fingerprint density at radius 2 is 2.00 bits per heavy atom. The quantitative estimate of drug-likeness (QED) is 0.625. The van der Waals surface area contributed by atoms with Crippen LogP contribution in [0.4, 0.5) is 0 Å². The molecule has 0 saturated heterocycles. The second-order valence-corrected chi connectivity index (χ2v) is 3.28. The molecule has 0 aliphatic carbocycles. The Morgan fingerprint density at radius 1 is 1.23 bits per heavy atom. The topological polar surface area (TPSA) is 12.9 Å². The molecular formula is C10H7BClN. The van der Waals surface area contributed by atoms with E-state index in [-0.39, 0.29) is 0 Å². The summed E-state index contributed by atoms with van der Waals surface area (Å²) >= 11 is 5.84. The third-order valence-electron chi connectivity index (χ3n) is 1.92. The van der Waals surface area contributed by atoms with Gasteiger partial charge in [-0.2, -0.15) is 0 Å². The van der Waals surface area contributed by atoms with Crippen molar-refractivity contribution in [2.75, 3.05) is 0 Å². The van der Waals surface area contributed by atoms with Gasteiger partial charge in [0.05, 0.1) is 13.4 Å². The molecule has 62 valence electrons. The SMILES string of the molecule is [B]Cc1ccc2ccc(Cl)cc2n1. The van der Waals surface area contributed by atoms with Gasteiger partial charge in [0.15, 0.2) is 0 Å². The van der Waals surface area contributed by atoms with Crippen LogP contribution >= 0.6 is 11.6 Å². The fourth-order valence-corrected chi connectivity index (χ4v) is 1.41. The van der Waals surface area contributed by atoms with Crippen molar-refractivity contribution in [2.24, 2.45) is 0 Å². The van der Waals surface area contributed by atoms with E-state index in [2.05, 4.69) is 4.98 Å². The molecule has 1 aromatic heterocycles. The lowest BCUT2D eigenvalue weighted by molar-refractivity contribution is 1.22. The number of hydrogen-bond acceptors (Lipinski definition) is 1. The zero-order valence-corrected chi connectivity index (χ0v) is 7.75. The summed E-state index contributed by atoms with van der Waals surface area (Å²) in [5.74, 6) is 0. The normalized spacial score (nSPS) is 10.5. The van der Waals surface area contributed by atoms with Crippen molar-refractivity contribution >= 4 is 30.4 Å². The molecule has 1 nitrogen and oxygen atoms in total. The van der Waals surface area contributed by atoms with Gasteiger partial charge in [-0.25, -0.2) is 0 Å². The number of benzene rings is 1. The van der Waals surface area contributed by atoms with E-state index in [0.717, 1.165) is 16.6 Å². The van der Waals surface area contributed by atoms with E-state index in [1.165, 1.54) is 0 Å². The highest BCUT2D eigenvalue weighted by Crippen LogP contribution is 2.17. The molecule has 0 N–H and O–H groups in total. The number of fused-ring (bicyclic) bond motifs is 1. The molecule has 0 bridgehead atoms. The highest BCUT2D eigenvalue weighted by atomic mass is 35.5. The first-order valence-corrected chi connectivity index (χ1v) is 4.42. The summed E-state index contributed by atoms with van der Waals surface area (Å²) in [5.41, 5.74) is 1.78. The predicted molar refractivity (Wildman–Crippen MR) is 56.2 cm³/mol. The second kappa shape index (κ2) is 3.39. The van der Waals surface area contributed by atoms with Gasteiger partial charge in [0.2, 0.25) is 0 Å². The van der Waals surface area contributed by atoms with Crippen molar-refractivity contribution in [3.05, 3.63) is 41.0 Å². The molecule has 2 radical (unpaired) electrons. The molecule has 0 aliphatic heterocycles. The number of aromatic nitrogens is 1. The highest BCUT2D eigenvalue weighted by Gasteiger charge is 1.96. The largest absolute Gasteiger partial charge is 0.254 e. The molecule has 2 rings (SSSR count). The van der Waals surface area contributed by atoms with E-state index < -0.39 is 0 Å². The number of rotatable bonds is 1. The van der Waals surface area contributed by atoms with Crippen LogP contribution in [0.3, 0.4) is 0 Å². The van der Waals surface area contributed by atoms with Gasteiger partial charge in [0.1, 0.15) is 0 Å². The zero-order chi connectivity index (χ0) is 9.26.